The normalized spacial score (nSPS) is 19.9. The molecule has 1 amide bonds. The first-order valence-electron chi connectivity index (χ1n) is 15.3. The zero-order valence-corrected chi connectivity index (χ0v) is 26.3. The number of amides is 1. The first-order chi connectivity index (χ1) is 21.7. The topological polar surface area (TPSA) is 126 Å². The van der Waals surface area contributed by atoms with Crippen molar-refractivity contribution in [2.24, 2.45) is 5.92 Å². The fraction of sp³-hybridized carbons (Fsp3) is 0.455. The number of pyridine rings is 1. The van der Waals surface area contributed by atoms with E-state index in [1.807, 2.05) is 56.3 Å². The molecule has 2 aliphatic heterocycles. The maximum absolute atomic E-state index is 13.8. The summed E-state index contributed by atoms with van der Waals surface area (Å²) in [5.41, 5.74) is 0.964. The molecule has 1 aliphatic carbocycles. The molecule has 6 rings (SSSR count). The van der Waals surface area contributed by atoms with Crippen molar-refractivity contribution in [1.29, 1.82) is 0 Å². The van der Waals surface area contributed by atoms with Gasteiger partial charge in [0.15, 0.2) is 21.3 Å². The van der Waals surface area contributed by atoms with Crippen molar-refractivity contribution in [3.8, 4) is 17.2 Å². The minimum Gasteiger partial charge on any atom is -0.487 e. The number of carbonyl (C=O) groups excluding carboxylic acids is 1. The van der Waals surface area contributed by atoms with Gasteiger partial charge in [0, 0.05) is 12.3 Å². The molecule has 240 valence electrons. The van der Waals surface area contributed by atoms with Gasteiger partial charge in [-0.2, -0.15) is 0 Å². The predicted molar refractivity (Wildman–Crippen MR) is 164 cm³/mol. The van der Waals surface area contributed by atoms with Crippen molar-refractivity contribution in [3.05, 3.63) is 78.1 Å². The molecular formula is C33H39N3O8S. The van der Waals surface area contributed by atoms with Crippen LogP contribution in [0.5, 0.6) is 17.2 Å². The molecule has 2 fully saturated rings. The summed E-state index contributed by atoms with van der Waals surface area (Å²) in [6, 6.07) is 17.8. The van der Waals surface area contributed by atoms with E-state index in [0.29, 0.717) is 31.1 Å². The molecular weight excluding hydrogens is 598 g/mol. The summed E-state index contributed by atoms with van der Waals surface area (Å²) in [6.07, 6.45) is 5.17. The standard InChI is InChI=1S/C33H39N3O8S/c1-33(2)36(26(20-44-33)17-23-10-12-27(13-11-23)40-19-25-9-5-6-16-34-25)32(37)41-21-35-31(24-7-3-4-8-24)45(38,39)28-14-15-29-30(18-28)43-22-42-29/h5-6,9-16,18,24,26,31,35H,3-4,7-8,17,19-22H2,1-2H3. The number of benzene rings is 2. The van der Waals surface area contributed by atoms with Crippen LogP contribution >= 0.6 is 0 Å². The Hall–Kier alpha value is -3.87. The molecule has 0 bridgehead atoms. The summed E-state index contributed by atoms with van der Waals surface area (Å²) in [4.78, 5) is 19.5. The molecule has 1 saturated carbocycles. The molecule has 2 aromatic carbocycles. The van der Waals surface area contributed by atoms with Crippen LogP contribution in [0.4, 0.5) is 4.79 Å². The number of nitrogens with zero attached hydrogens (tertiary/aromatic N) is 2. The Labute approximate surface area is 263 Å². The van der Waals surface area contributed by atoms with E-state index in [-0.39, 0.29) is 30.4 Å². The van der Waals surface area contributed by atoms with Crippen molar-refractivity contribution >= 4 is 15.9 Å². The smallest absolute Gasteiger partial charge is 0.413 e. The maximum atomic E-state index is 13.8. The second-order valence-corrected chi connectivity index (χ2v) is 14.1. The number of hydrogen-bond acceptors (Lipinski definition) is 10. The molecule has 3 aliphatic rings. The van der Waals surface area contributed by atoms with E-state index in [1.165, 1.54) is 12.1 Å². The molecule has 1 aromatic heterocycles. The van der Waals surface area contributed by atoms with E-state index in [1.54, 1.807) is 17.2 Å². The molecule has 0 radical (unpaired) electrons. The number of nitrogens with one attached hydrogen (secondary N) is 1. The van der Waals surface area contributed by atoms with E-state index in [4.69, 9.17) is 23.7 Å². The average Bonchev–Trinajstić information content (AvgIpc) is 3.80. The number of hydrogen-bond donors (Lipinski definition) is 1. The number of ether oxygens (including phenoxy) is 5. The van der Waals surface area contributed by atoms with Gasteiger partial charge in [0.05, 0.1) is 23.2 Å². The number of sulfone groups is 1. The van der Waals surface area contributed by atoms with Crippen molar-refractivity contribution < 1.29 is 36.9 Å². The largest absolute Gasteiger partial charge is 0.487 e. The van der Waals surface area contributed by atoms with Gasteiger partial charge in [-0.1, -0.05) is 31.0 Å². The Morgan fingerprint density at radius 3 is 2.60 bits per heavy atom. The highest BCUT2D eigenvalue weighted by Gasteiger charge is 2.45. The highest BCUT2D eigenvalue weighted by molar-refractivity contribution is 7.92. The number of rotatable bonds is 11. The van der Waals surface area contributed by atoms with Gasteiger partial charge in [-0.15, -0.1) is 0 Å². The summed E-state index contributed by atoms with van der Waals surface area (Å²) >= 11 is 0. The third-order valence-corrected chi connectivity index (χ3v) is 10.7. The SMILES string of the molecule is CC1(C)OCC(Cc2ccc(OCc3ccccn3)cc2)N1C(=O)OCNC(C1CCCC1)S(=O)(=O)c1ccc2c(c1)OCO2. The van der Waals surface area contributed by atoms with Crippen LogP contribution in [0.2, 0.25) is 0 Å². The lowest BCUT2D eigenvalue weighted by atomic mass is 10.0. The van der Waals surface area contributed by atoms with E-state index < -0.39 is 27.0 Å². The van der Waals surface area contributed by atoms with Crippen LogP contribution in [0, 0.1) is 5.92 Å². The Balaban J connectivity index is 1.08. The fourth-order valence-electron chi connectivity index (χ4n) is 6.28. The fourth-order valence-corrected chi connectivity index (χ4v) is 8.17. The number of aromatic nitrogens is 1. The molecule has 3 aromatic rings. The lowest BCUT2D eigenvalue weighted by Crippen LogP contribution is -2.50. The molecule has 3 heterocycles. The molecule has 12 heteroatoms. The van der Waals surface area contributed by atoms with E-state index in [2.05, 4.69) is 10.3 Å². The van der Waals surface area contributed by atoms with Crippen LogP contribution < -0.4 is 19.5 Å². The van der Waals surface area contributed by atoms with Crippen LogP contribution in [-0.4, -0.2) is 61.7 Å². The second-order valence-electron chi connectivity index (χ2n) is 12.0. The Kier molecular flexibility index (Phi) is 9.16. The van der Waals surface area contributed by atoms with Crippen LogP contribution in [-0.2, 0) is 32.3 Å². The summed E-state index contributed by atoms with van der Waals surface area (Å²) < 4.78 is 55.9. The zero-order valence-electron chi connectivity index (χ0n) is 25.5. The number of fused-ring (bicyclic) bond motifs is 1. The van der Waals surface area contributed by atoms with Crippen molar-refractivity contribution in [2.75, 3.05) is 20.1 Å². The summed E-state index contributed by atoms with van der Waals surface area (Å²) in [7, 11) is -3.81. The predicted octanol–water partition coefficient (Wildman–Crippen LogP) is 5.04. The second kappa shape index (κ2) is 13.2. The van der Waals surface area contributed by atoms with E-state index in [9.17, 15) is 13.2 Å². The van der Waals surface area contributed by atoms with Crippen LogP contribution in [0.3, 0.4) is 0 Å². The maximum Gasteiger partial charge on any atom is 0.413 e. The van der Waals surface area contributed by atoms with Crippen LogP contribution in [0.15, 0.2) is 71.8 Å². The molecule has 0 spiro atoms. The first kappa shape index (κ1) is 31.1. The summed E-state index contributed by atoms with van der Waals surface area (Å²) in [6.45, 7) is 4.16. The van der Waals surface area contributed by atoms with E-state index >= 15 is 0 Å². The Morgan fingerprint density at radius 1 is 1.07 bits per heavy atom. The minimum atomic E-state index is -3.81. The molecule has 2 atom stereocenters. The first-order valence-corrected chi connectivity index (χ1v) is 16.8. The molecule has 45 heavy (non-hydrogen) atoms. The minimum absolute atomic E-state index is 0.0586. The summed E-state index contributed by atoms with van der Waals surface area (Å²) in [5.74, 6) is 1.54. The van der Waals surface area contributed by atoms with Gasteiger partial charge in [-0.05, 0) is 81.0 Å². The molecule has 11 nitrogen and oxygen atoms in total. The monoisotopic (exact) mass is 637 g/mol. The lowest BCUT2D eigenvalue weighted by molar-refractivity contribution is -0.0491. The van der Waals surface area contributed by atoms with Gasteiger partial charge in [-0.3, -0.25) is 15.2 Å². The van der Waals surface area contributed by atoms with Crippen molar-refractivity contribution in [1.82, 2.24) is 15.2 Å². The number of carbonyl (C=O) groups is 1. The van der Waals surface area contributed by atoms with Gasteiger partial charge >= 0.3 is 6.09 Å². The zero-order chi connectivity index (χ0) is 31.4. The molecule has 1 N–H and O–H groups in total. The quantitative estimate of drug-likeness (QED) is 0.286. The Morgan fingerprint density at radius 2 is 1.84 bits per heavy atom. The third kappa shape index (κ3) is 7.03. The summed E-state index contributed by atoms with van der Waals surface area (Å²) in [5, 5.41) is 2.14. The van der Waals surface area contributed by atoms with Gasteiger partial charge < -0.3 is 23.7 Å². The third-order valence-electron chi connectivity index (χ3n) is 8.59. The highest BCUT2D eigenvalue weighted by atomic mass is 32.2. The highest BCUT2D eigenvalue weighted by Crippen LogP contribution is 2.38. The van der Waals surface area contributed by atoms with Gasteiger partial charge in [0.2, 0.25) is 6.79 Å². The van der Waals surface area contributed by atoms with Gasteiger partial charge in [-0.25, -0.2) is 13.2 Å². The lowest BCUT2D eigenvalue weighted by Gasteiger charge is -2.33. The molecule has 1 saturated heterocycles. The van der Waals surface area contributed by atoms with Crippen molar-refractivity contribution in [2.45, 2.75) is 74.6 Å². The van der Waals surface area contributed by atoms with E-state index in [0.717, 1.165) is 42.7 Å². The van der Waals surface area contributed by atoms with Crippen molar-refractivity contribution in [3.63, 3.8) is 0 Å². The van der Waals surface area contributed by atoms with Gasteiger partial charge in [0.1, 0.15) is 30.2 Å². The van der Waals surface area contributed by atoms with Gasteiger partial charge in [0.25, 0.3) is 0 Å². The Bertz CT molecular complexity index is 1580. The van der Waals surface area contributed by atoms with Crippen LogP contribution in [0.1, 0.15) is 50.8 Å². The molecule has 2 unspecified atom stereocenters. The van der Waals surface area contributed by atoms with Crippen LogP contribution in [0.25, 0.3) is 0 Å². The average molecular weight is 638 g/mol.